The second-order valence-corrected chi connectivity index (χ2v) is 5.35. The van der Waals surface area contributed by atoms with Gasteiger partial charge in [0, 0.05) is 17.8 Å². The zero-order chi connectivity index (χ0) is 13.3. The maximum Gasteiger partial charge on any atom is 0.255 e. The molecule has 0 aliphatic carbocycles. The molecule has 3 nitrogen and oxygen atoms in total. The van der Waals surface area contributed by atoms with E-state index in [-0.39, 0.29) is 24.4 Å². The molecule has 0 bridgehead atoms. The molecule has 1 heterocycles. The van der Waals surface area contributed by atoms with Crippen molar-refractivity contribution in [3.63, 3.8) is 0 Å². The maximum absolute atomic E-state index is 12.6. The Morgan fingerprint density at radius 1 is 1.47 bits per heavy atom. The van der Waals surface area contributed by atoms with Gasteiger partial charge < -0.3 is 10.6 Å². The molecule has 106 valence electrons. The first kappa shape index (κ1) is 16.1. The molecule has 2 unspecified atom stereocenters. The van der Waals surface area contributed by atoms with Gasteiger partial charge in [0.1, 0.15) is 0 Å². The fraction of sp³-hybridized carbons (Fsp3) is 0.500. The molecule has 1 aliphatic heterocycles. The van der Waals surface area contributed by atoms with E-state index in [9.17, 15) is 4.79 Å². The topological polar surface area (TPSA) is 46.3 Å². The van der Waals surface area contributed by atoms with Crippen molar-refractivity contribution in [3.05, 3.63) is 28.8 Å². The summed E-state index contributed by atoms with van der Waals surface area (Å²) in [5.41, 5.74) is 6.79. The Bertz CT molecular complexity index is 465. The molecule has 1 aliphatic rings. The Kier molecular flexibility index (Phi) is 5.50. The van der Waals surface area contributed by atoms with Gasteiger partial charge in [-0.3, -0.25) is 4.79 Å². The minimum atomic E-state index is 0. The van der Waals surface area contributed by atoms with Crippen molar-refractivity contribution in [2.45, 2.75) is 45.2 Å². The molecule has 2 N–H and O–H groups in total. The monoisotopic (exact) mass is 302 g/mol. The van der Waals surface area contributed by atoms with E-state index in [1.165, 1.54) is 0 Å². The number of anilines is 1. The maximum atomic E-state index is 12.6. The molecular formula is C14H20Cl2N2O. The first-order chi connectivity index (χ1) is 8.54. The first-order valence-electron chi connectivity index (χ1n) is 6.42. The van der Waals surface area contributed by atoms with E-state index in [2.05, 4.69) is 13.8 Å². The molecular weight excluding hydrogens is 283 g/mol. The number of hydrogen-bond donors (Lipinski definition) is 1. The van der Waals surface area contributed by atoms with E-state index in [0.717, 1.165) is 19.3 Å². The van der Waals surface area contributed by atoms with Crippen molar-refractivity contribution >= 4 is 35.6 Å². The molecule has 1 aromatic rings. The number of likely N-dealkylation sites (tertiary alicyclic amines) is 1. The van der Waals surface area contributed by atoms with Gasteiger partial charge in [0.2, 0.25) is 0 Å². The second-order valence-electron chi connectivity index (χ2n) is 4.94. The second kappa shape index (κ2) is 6.49. The highest BCUT2D eigenvalue weighted by Gasteiger charge is 2.34. The van der Waals surface area contributed by atoms with Gasteiger partial charge in [-0.2, -0.15) is 0 Å². The molecule has 1 amide bonds. The van der Waals surface area contributed by atoms with E-state index >= 15 is 0 Å². The quantitative estimate of drug-likeness (QED) is 0.846. The minimum Gasteiger partial charge on any atom is -0.399 e. The SMILES string of the molecule is CCC1CCC(C)N1C(=O)c1ccc(N)cc1Cl.Cl. The summed E-state index contributed by atoms with van der Waals surface area (Å²) in [4.78, 5) is 14.5. The third-order valence-corrected chi connectivity index (χ3v) is 4.03. The first-order valence-corrected chi connectivity index (χ1v) is 6.80. The molecule has 19 heavy (non-hydrogen) atoms. The third kappa shape index (κ3) is 3.15. The number of carbonyl (C=O) groups is 1. The summed E-state index contributed by atoms with van der Waals surface area (Å²) < 4.78 is 0. The van der Waals surface area contributed by atoms with Crippen molar-refractivity contribution in [3.8, 4) is 0 Å². The van der Waals surface area contributed by atoms with Crippen LogP contribution in [-0.2, 0) is 0 Å². The molecule has 5 heteroatoms. The van der Waals surface area contributed by atoms with Crippen LogP contribution < -0.4 is 5.73 Å². The Hall–Kier alpha value is -0.930. The number of nitrogens with zero attached hydrogens (tertiary/aromatic N) is 1. The summed E-state index contributed by atoms with van der Waals surface area (Å²) in [5.74, 6) is 0.0249. The molecule has 2 atom stereocenters. The summed E-state index contributed by atoms with van der Waals surface area (Å²) in [6.07, 6.45) is 3.13. The lowest BCUT2D eigenvalue weighted by atomic mass is 10.1. The molecule has 1 fully saturated rings. The van der Waals surface area contributed by atoms with Crippen molar-refractivity contribution in [1.82, 2.24) is 4.90 Å². The van der Waals surface area contributed by atoms with Crippen LogP contribution in [0.4, 0.5) is 5.69 Å². The Balaban J connectivity index is 0.00000180. The van der Waals surface area contributed by atoms with E-state index in [1.807, 2.05) is 4.90 Å². The summed E-state index contributed by atoms with van der Waals surface area (Å²) in [7, 11) is 0. The van der Waals surface area contributed by atoms with Gasteiger partial charge in [0.05, 0.1) is 10.6 Å². The Morgan fingerprint density at radius 2 is 2.16 bits per heavy atom. The molecule has 1 saturated heterocycles. The van der Waals surface area contributed by atoms with Gasteiger partial charge >= 0.3 is 0 Å². The predicted molar refractivity (Wildman–Crippen MR) is 82.1 cm³/mol. The van der Waals surface area contributed by atoms with Crippen molar-refractivity contribution in [1.29, 1.82) is 0 Å². The van der Waals surface area contributed by atoms with E-state index in [1.54, 1.807) is 18.2 Å². The number of benzene rings is 1. The average molecular weight is 303 g/mol. The van der Waals surface area contributed by atoms with Crippen LogP contribution in [0.5, 0.6) is 0 Å². The number of amides is 1. The number of carbonyl (C=O) groups excluding carboxylic acids is 1. The van der Waals surface area contributed by atoms with Gasteiger partial charge in [-0.05, 0) is 44.4 Å². The normalized spacial score (nSPS) is 22.2. The fourth-order valence-corrected chi connectivity index (χ4v) is 2.95. The zero-order valence-corrected chi connectivity index (χ0v) is 12.8. The molecule has 0 aromatic heterocycles. The van der Waals surface area contributed by atoms with Crippen LogP contribution in [0.2, 0.25) is 5.02 Å². The van der Waals surface area contributed by atoms with E-state index < -0.39 is 0 Å². The predicted octanol–water partition coefficient (Wildman–Crippen LogP) is 3.75. The van der Waals surface area contributed by atoms with Gasteiger partial charge in [-0.1, -0.05) is 18.5 Å². The van der Waals surface area contributed by atoms with Gasteiger partial charge in [-0.25, -0.2) is 0 Å². The lowest BCUT2D eigenvalue weighted by molar-refractivity contribution is 0.0676. The van der Waals surface area contributed by atoms with Gasteiger partial charge in [0.15, 0.2) is 0 Å². The van der Waals surface area contributed by atoms with Crippen LogP contribution >= 0.6 is 24.0 Å². The fourth-order valence-electron chi connectivity index (χ4n) is 2.68. The van der Waals surface area contributed by atoms with Crippen LogP contribution in [0.25, 0.3) is 0 Å². The molecule has 1 aromatic carbocycles. The van der Waals surface area contributed by atoms with Gasteiger partial charge in [-0.15, -0.1) is 12.4 Å². The molecule has 2 rings (SSSR count). The third-order valence-electron chi connectivity index (χ3n) is 3.72. The molecule has 0 saturated carbocycles. The highest BCUT2D eigenvalue weighted by Crippen LogP contribution is 2.30. The van der Waals surface area contributed by atoms with Crippen LogP contribution in [0, 0.1) is 0 Å². The largest absolute Gasteiger partial charge is 0.399 e. The van der Waals surface area contributed by atoms with Crippen molar-refractivity contribution in [2.75, 3.05) is 5.73 Å². The lowest BCUT2D eigenvalue weighted by Gasteiger charge is -2.28. The highest BCUT2D eigenvalue weighted by atomic mass is 35.5. The summed E-state index contributed by atoms with van der Waals surface area (Å²) in [5, 5.41) is 0.439. The lowest BCUT2D eigenvalue weighted by Crippen LogP contribution is -2.39. The smallest absolute Gasteiger partial charge is 0.255 e. The van der Waals surface area contributed by atoms with Crippen LogP contribution in [0.1, 0.15) is 43.5 Å². The highest BCUT2D eigenvalue weighted by molar-refractivity contribution is 6.34. The van der Waals surface area contributed by atoms with Crippen LogP contribution in [0.3, 0.4) is 0 Å². The zero-order valence-electron chi connectivity index (χ0n) is 11.2. The van der Waals surface area contributed by atoms with Crippen LogP contribution in [-0.4, -0.2) is 22.9 Å². The average Bonchev–Trinajstić information content (AvgIpc) is 2.69. The number of halogens is 2. The van der Waals surface area contributed by atoms with Gasteiger partial charge in [0.25, 0.3) is 5.91 Å². The van der Waals surface area contributed by atoms with Crippen LogP contribution in [0.15, 0.2) is 18.2 Å². The van der Waals surface area contributed by atoms with E-state index in [4.69, 9.17) is 17.3 Å². The number of hydrogen-bond acceptors (Lipinski definition) is 2. The summed E-state index contributed by atoms with van der Waals surface area (Å²) in [6.45, 7) is 4.21. The molecule has 0 spiro atoms. The van der Waals surface area contributed by atoms with E-state index in [0.29, 0.717) is 22.3 Å². The van der Waals surface area contributed by atoms with Crippen molar-refractivity contribution in [2.24, 2.45) is 0 Å². The van der Waals surface area contributed by atoms with Crippen molar-refractivity contribution < 1.29 is 4.79 Å². The summed E-state index contributed by atoms with van der Waals surface area (Å²) >= 11 is 6.11. The Morgan fingerprint density at radius 3 is 2.74 bits per heavy atom. The number of rotatable bonds is 2. The standard InChI is InChI=1S/C14H19ClN2O.ClH/c1-3-11-6-4-9(2)17(11)14(18)12-7-5-10(16)8-13(12)15;/h5,7-9,11H,3-4,6,16H2,1-2H3;1H. The minimum absolute atomic E-state index is 0. The number of nitrogen functional groups attached to an aromatic ring is 1. The number of nitrogens with two attached hydrogens (primary N) is 1. The Labute approximate surface area is 125 Å². The summed E-state index contributed by atoms with van der Waals surface area (Å²) in [6, 6.07) is 5.70. The molecule has 0 radical (unpaired) electrons.